The molecular formula is C12H20ClN3O2. The zero-order valence-electron chi connectivity index (χ0n) is 11.0. The molecule has 0 saturated heterocycles. The molecule has 0 bridgehead atoms. The van der Waals surface area contributed by atoms with Crippen LogP contribution in [0.2, 0.25) is 5.02 Å². The molecule has 0 radical (unpaired) electrons. The van der Waals surface area contributed by atoms with Gasteiger partial charge in [0.15, 0.2) is 0 Å². The van der Waals surface area contributed by atoms with Crippen LogP contribution in [0.4, 0.5) is 5.69 Å². The first-order valence-electron chi connectivity index (χ1n) is 5.95. The highest BCUT2D eigenvalue weighted by molar-refractivity contribution is 6.32. The fraction of sp³-hybridized carbons (Fsp3) is 0.667. The van der Waals surface area contributed by atoms with Crippen molar-refractivity contribution in [3.05, 3.63) is 21.6 Å². The van der Waals surface area contributed by atoms with E-state index in [9.17, 15) is 4.79 Å². The largest absolute Gasteiger partial charge is 0.394 e. The Labute approximate surface area is 112 Å². The minimum Gasteiger partial charge on any atom is -0.394 e. The summed E-state index contributed by atoms with van der Waals surface area (Å²) in [6, 6.07) is 0. The van der Waals surface area contributed by atoms with Crippen molar-refractivity contribution in [1.82, 2.24) is 9.78 Å². The van der Waals surface area contributed by atoms with E-state index in [-0.39, 0.29) is 29.1 Å². The highest BCUT2D eigenvalue weighted by atomic mass is 35.5. The normalized spacial score (nSPS) is 11.6. The van der Waals surface area contributed by atoms with E-state index in [1.165, 1.54) is 6.20 Å². The van der Waals surface area contributed by atoms with Gasteiger partial charge in [-0.2, -0.15) is 5.10 Å². The maximum Gasteiger partial charge on any atom is 0.287 e. The Bertz CT molecular complexity index is 452. The lowest BCUT2D eigenvalue weighted by Gasteiger charge is -2.18. The predicted molar refractivity (Wildman–Crippen MR) is 73.2 cm³/mol. The molecule has 1 aromatic rings. The first-order valence-corrected chi connectivity index (χ1v) is 6.33. The number of hydrogen-bond acceptors (Lipinski definition) is 4. The van der Waals surface area contributed by atoms with Crippen molar-refractivity contribution in [3.8, 4) is 0 Å². The molecule has 0 aromatic carbocycles. The van der Waals surface area contributed by atoms with Crippen molar-refractivity contribution in [1.29, 1.82) is 0 Å². The van der Waals surface area contributed by atoms with Gasteiger partial charge in [0.25, 0.3) is 5.56 Å². The third kappa shape index (κ3) is 4.31. The van der Waals surface area contributed by atoms with Crippen molar-refractivity contribution in [2.75, 3.05) is 18.5 Å². The van der Waals surface area contributed by atoms with Crippen LogP contribution in [-0.2, 0) is 6.54 Å². The second-order valence-corrected chi connectivity index (χ2v) is 5.74. The molecule has 102 valence electrons. The molecule has 6 heteroatoms. The molecule has 1 rings (SSSR count). The van der Waals surface area contributed by atoms with Crippen LogP contribution in [0.3, 0.4) is 0 Å². The zero-order chi connectivity index (χ0) is 13.8. The molecule has 0 atom stereocenters. The number of anilines is 1. The van der Waals surface area contributed by atoms with Crippen LogP contribution in [0.1, 0.15) is 27.2 Å². The molecule has 0 fully saturated rings. The fourth-order valence-corrected chi connectivity index (χ4v) is 1.63. The molecule has 5 nitrogen and oxygen atoms in total. The predicted octanol–water partition coefficient (Wildman–Crippen LogP) is 1.74. The van der Waals surface area contributed by atoms with Gasteiger partial charge < -0.3 is 10.4 Å². The van der Waals surface area contributed by atoms with E-state index in [0.717, 1.165) is 17.6 Å². The molecule has 0 amide bonds. The molecule has 1 heterocycles. The van der Waals surface area contributed by atoms with E-state index in [1.54, 1.807) is 0 Å². The quantitative estimate of drug-likeness (QED) is 0.858. The number of rotatable bonds is 5. The van der Waals surface area contributed by atoms with E-state index in [4.69, 9.17) is 16.7 Å². The third-order valence-corrected chi connectivity index (χ3v) is 2.85. The Morgan fingerprint density at radius 1 is 1.50 bits per heavy atom. The molecular weight excluding hydrogens is 254 g/mol. The van der Waals surface area contributed by atoms with Gasteiger partial charge in [-0.15, -0.1) is 0 Å². The van der Waals surface area contributed by atoms with Gasteiger partial charge >= 0.3 is 0 Å². The Balaban J connectivity index is 2.74. The van der Waals surface area contributed by atoms with Gasteiger partial charge in [0, 0.05) is 6.54 Å². The monoisotopic (exact) mass is 273 g/mol. The Hall–Kier alpha value is -1.07. The summed E-state index contributed by atoms with van der Waals surface area (Å²) in [5.74, 6) is 0. The van der Waals surface area contributed by atoms with Gasteiger partial charge in [0.05, 0.1) is 25.0 Å². The summed E-state index contributed by atoms with van der Waals surface area (Å²) in [6.07, 6.45) is 2.48. The Kier molecular flexibility index (Phi) is 5.16. The summed E-state index contributed by atoms with van der Waals surface area (Å²) >= 11 is 5.97. The van der Waals surface area contributed by atoms with Crippen molar-refractivity contribution in [2.45, 2.75) is 33.7 Å². The number of halogens is 1. The lowest BCUT2D eigenvalue weighted by Crippen LogP contribution is -2.26. The number of aromatic nitrogens is 2. The molecule has 18 heavy (non-hydrogen) atoms. The van der Waals surface area contributed by atoms with E-state index in [0.29, 0.717) is 5.69 Å². The number of aliphatic hydroxyl groups is 1. The lowest BCUT2D eigenvalue weighted by molar-refractivity contribution is 0.266. The van der Waals surface area contributed by atoms with E-state index >= 15 is 0 Å². The number of hydrogen-bond donors (Lipinski definition) is 2. The SMILES string of the molecule is CC(C)(C)CCNc1cnn(CCO)c(=O)c1Cl. The summed E-state index contributed by atoms with van der Waals surface area (Å²) in [6.45, 7) is 7.19. The van der Waals surface area contributed by atoms with Crippen molar-refractivity contribution in [3.63, 3.8) is 0 Å². The molecule has 0 aliphatic heterocycles. The minimum atomic E-state index is -0.383. The standard InChI is InChI=1S/C12H20ClN3O2/c1-12(2,3)4-5-14-9-8-15-16(6-7-17)11(18)10(9)13/h8,14,17H,4-7H2,1-3H3. The van der Waals surface area contributed by atoms with E-state index in [1.807, 2.05) is 0 Å². The lowest BCUT2D eigenvalue weighted by atomic mass is 9.92. The summed E-state index contributed by atoms with van der Waals surface area (Å²) < 4.78 is 1.15. The van der Waals surface area contributed by atoms with Crippen LogP contribution in [0.15, 0.2) is 11.0 Å². The van der Waals surface area contributed by atoms with Crippen LogP contribution < -0.4 is 10.9 Å². The first-order chi connectivity index (χ1) is 8.35. The van der Waals surface area contributed by atoms with Crippen LogP contribution in [0.5, 0.6) is 0 Å². The maximum atomic E-state index is 11.8. The topological polar surface area (TPSA) is 67.2 Å². The van der Waals surface area contributed by atoms with Crippen LogP contribution in [0, 0.1) is 5.41 Å². The first kappa shape index (κ1) is 15.0. The second-order valence-electron chi connectivity index (χ2n) is 5.36. The molecule has 0 spiro atoms. The summed E-state index contributed by atoms with van der Waals surface area (Å²) in [4.78, 5) is 11.8. The Morgan fingerprint density at radius 3 is 2.72 bits per heavy atom. The summed E-state index contributed by atoms with van der Waals surface area (Å²) in [5.41, 5.74) is 0.380. The molecule has 0 saturated carbocycles. The van der Waals surface area contributed by atoms with Crippen molar-refractivity contribution >= 4 is 17.3 Å². The fourth-order valence-electron chi connectivity index (χ4n) is 1.41. The van der Waals surface area contributed by atoms with Gasteiger partial charge in [-0.1, -0.05) is 32.4 Å². The third-order valence-electron chi connectivity index (χ3n) is 2.49. The van der Waals surface area contributed by atoms with Gasteiger partial charge in [-0.25, -0.2) is 4.68 Å². The van der Waals surface area contributed by atoms with Crippen LogP contribution in [-0.4, -0.2) is 28.0 Å². The highest BCUT2D eigenvalue weighted by Gasteiger charge is 2.12. The van der Waals surface area contributed by atoms with Crippen LogP contribution >= 0.6 is 11.6 Å². The number of nitrogens with one attached hydrogen (secondary N) is 1. The zero-order valence-corrected chi connectivity index (χ0v) is 11.8. The number of nitrogens with zero attached hydrogens (tertiary/aromatic N) is 2. The Morgan fingerprint density at radius 2 is 2.17 bits per heavy atom. The van der Waals surface area contributed by atoms with Crippen molar-refractivity contribution in [2.24, 2.45) is 5.41 Å². The molecule has 0 aliphatic carbocycles. The molecule has 0 unspecified atom stereocenters. The summed E-state index contributed by atoms with van der Waals surface area (Å²) in [7, 11) is 0. The smallest absolute Gasteiger partial charge is 0.287 e. The van der Waals surface area contributed by atoms with Gasteiger partial charge in [0.2, 0.25) is 0 Å². The molecule has 2 N–H and O–H groups in total. The maximum absolute atomic E-state index is 11.8. The number of aliphatic hydroxyl groups excluding tert-OH is 1. The van der Waals surface area contributed by atoms with Crippen LogP contribution in [0.25, 0.3) is 0 Å². The van der Waals surface area contributed by atoms with Crippen molar-refractivity contribution < 1.29 is 5.11 Å². The molecule has 1 aromatic heterocycles. The minimum absolute atomic E-state index is 0.118. The highest BCUT2D eigenvalue weighted by Crippen LogP contribution is 2.20. The average molecular weight is 274 g/mol. The van der Waals surface area contributed by atoms with Gasteiger partial charge in [0.1, 0.15) is 5.02 Å². The van der Waals surface area contributed by atoms with E-state index in [2.05, 4.69) is 31.2 Å². The molecule has 0 aliphatic rings. The van der Waals surface area contributed by atoms with Gasteiger partial charge in [-0.3, -0.25) is 4.79 Å². The second kappa shape index (κ2) is 6.20. The van der Waals surface area contributed by atoms with E-state index < -0.39 is 0 Å². The summed E-state index contributed by atoms with van der Waals surface area (Å²) in [5, 5.41) is 15.9. The van der Waals surface area contributed by atoms with Gasteiger partial charge in [-0.05, 0) is 11.8 Å². The average Bonchev–Trinajstić information content (AvgIpc) is 2.27.